The maximum absolute atomic E-state index is 11.2. The Labute approximate surface area is 84.7 Å². The summed E-state index contributed by atoms with van der Waals surface area (Å²) in [6, 6.07) is -0.0380. The van der Waals surface area contributed by atoms with Gasteiger partial charge in [0.25, 0.3) is 0 Å². The smallest absolute Gasteiger partial charge is 0.304 e. The monoisotopic (exact) mass is 201 g/mol. The number of hydrogen-bond acceptors (Lipinski definition) is 3. The van der Waals surface area contributed by atoms with E-state index < -0.39 is 5.97 Å². The lowest BCUT2D eigenvalue weighted by Gasteiger charge is -2.18. The molecular formula is C10H19NO3. The molecule has 0 spiro atoms. The first-order valence-electron chi connectivity index (χ1n) is 4.95. The Bertz CT molecular complexity index is 202. The maximum atomic E-state index is 11.2. The van der Waals surface area contributed by atoms with Crippen LogP contribution >= 0.6 is 0 Å². The summed E-state index contributed by atoms with van der Waals surface area (Å²) < 4.78 is 0. The van der Waals surface area contributed by atoms with Gasteiger partial charge in [0.15, 0.2) is 0 Å². The van der Waals surface area contributed by atoms with E-state index in [0.29, 0.717) is 12.8 Å². The van der Waals surface area contributed by atoms with Crippen LogP contribution in [-0.4, -0.2) is 28.9 Å². The molecule has 0 amide bonds. The Kier molecular flexibility index (Phi) is 6.12. The van der Waals surface area contributed by atoms with Crippen LogP contribution in [0.25, 0.3) is 0 Å². The van der Waals surface area contributed by atoms with Crippen LogP contribution < -0.4 is 5.32 Å². The number of Topliss-reactive ketones (excluding diaryl/α,β-unsaturated/α-hetero) is 1. The molecule has 0 aliphatic carbocycles. The van der Waals surface area contributed by atoms with Crippen molar-refractivity contribution in [1.82, 2.24) is 5.32 Å². The number of carbonyl (C=O) groups is 2. The highest BCUT2D eigenvalue weighted by atomic mass is 16.4. The van der Waals surface area contributed by atoms with E-state index in [0.717, 1.165) is 0 Å². The summed E-state index contributed by atoms with van der Waals surface area (Å²) in [6.45, 7) is 5.66. The largest absolute Gasteiger partial charge is 0.481 e. The number of hydrogen-bond donors (Lipinski definition) is 2. The zero-order chi connectivity index (χ0) is 11.1. The number of nitrogens with one attached hydrogen (secondary N) is 1. The number of carbonyl (C=O) groups excluding carboxylic acids is 1. The maximum Gasteiger partial charge on any atom is 0.304 e. The van der Waals surface area contributed by atoms with E-state index in [1.165, 1.54) is 0 Å². The molecule has 82 valence electrons. The van der Waals surface area contributed by atoms with Crippen LogP contribution in [0.2, 0.25) is 0 Å². The van der Waals surface area contributed by atoms with Gasteiger partial charge in [0, 0.05) is 24.9 Å². The molecule has 0 radical (unpaired) electrons. The van der Waals surface area contributed by atoms with Gasteiger partial charge in [0.05, 0.1) is 6.42 Å². The fourth-order valence-electron chi connectivity index (χ4n) is 1.29. The second-order valence-corrected chi connectivity index (χ2v) is 3.71. The van der Waals surface area contributed by atoms with Gasteiger partial charge in [-0.3, -0.25) is 9.59 Å². The lowest BCUT2D eigenvalue weighted by atomic mass is 10.0. The highest BCUT2D eigenvalue weighted by Gasteiger charge is 2.16. The Morgan fingerprint density at radius 1 is 1.29 bits per heavy atom. The lowest BCUT2D eigenvalue weighted by molar-refractivity contribution is -0.137. The van der Waals surface area contributed by atoms with Crippen molar-refractivity contribution in [2.24, 2.45) is 0 Å². The van der Waals surface area contributed by atoms with Crippen molar-refractivity contribution >= 4 is 11.8 Å². The molecule has 0 fully saturated rings. The van der Waals surface area contributed by atoms with E-state index in [-0.39, 0.29) is 24.3 Å². The van der Waals surface area contributed by atoms with Crippen molar-refractivity contribution in [1.29, 1.82) is 0 Å². The van der Waals surface area contributed by atoms with Crippen molar-refractivity contribution in [3.8, 4) is 0 Å². The highest BCUT2D eigenvalue weighted by molar-refractivity contribution is 5.79. The molecule has 2 N–H and O–H groups in total. The predicted octanol–water partition coefficient (Wildman–Crippen LogP) is 1.20. The fraction of sp³-hybridized carbons (Fsp3) is 0.800. The number of ketones is 1. The molecule has 0 aromatic carbocycles. The lowest BCUT2D eigenvalue weighted by Crippen LogP contribution is -2.37. The molecule has 1 unspecified atom stereocenters. The Morgan fingerprint density at radius 3 is 2.21 bits per heavy atom. The van der Waals surface area contributed by atoms with E-state index in [4.69, 9.17) is 5.11 Å². The summed E-state index contributed by atoms with van der Waals surface area (Å²) in [5, 5.41) is 11.7. The van der Waals surface area contributed by atoms with E-state index in [9.17, 15) is 9.59 Å². The normalized spacial score (nSPS) is 12.9. The predicted molar refractivity (Wildman–Crippen MR) is 54.2 cm³/mol. The summed E-state index contributed by atoms with van der Waals surface area (Å²) >= 11 is 0. The number of carboxylic acid groups (broad SMARTS) is 1. The fourth-order valence-corrected chi connectivity index (χ4v) is 1.29. The number of rotatable bonds is 7. The zero-order valence-corrected chi connectivity index (χ0v) is 9.04. The van der Waals surface area contributed by atoms with Crippen LogP contribution in [0.4, 0.5) is 0 Å². The van der Waals surface area contributed by atoms with E-state index >= 15 is 0 Å². The molecule has 0 heterocycles. The molecule has 0 aromatic heterocycles. The summed E-state index contributed by atoms with van der Waals surface area (Å²) in [6.07, 6.45) is 0.779. The third-order valence-corrected chi connectivity index (χ3v) is 1.86. The topological polar surface area (TPSA) is 66.4 Å². The van der Waals surface area contributed by atoms with Gasteiger partial charge in [-0.2, -0.15) is 0 Å². The van der Waals surface area contributed by atoms with E-state index in [2.05, 4.69) is 5.32 Å². The molecule has 4 heteroatoms. The molecule has 0 bridgehead atoms. The first-order valence-corrected chi connectivity index (χ1v) is 4.95. The Balaban J connectivity index is 4.09. The molecule has 0 rings (SSSR count). The first kappa shape index (κ1) is 13.1. The molecular weight excluding hydrogens is 182 g/mol. The summed E-state index contributed by atoms with van der Waals surface area (Å²) in [7, 11) is 0. The zero-order valence-electron chi connectivity index (χ0n) is 9.04. The SMILES string of the molecule is CCC(=O)CC(CC(=O)O)NC(C)C. The molecule has 14 heavy (non-hydrogen) atoms. The van der Waals surface area contributed by atoms with Crippen LogP contribution in [0.3, 0.4) is 0 Å². The summed E-state index contributed by atoms with van der Waals surface area (Å²) in [4.78, 5) is 21.7. The summed E-state index contributed by atoms with van der Waals surface area (Å²) in [5.74, 6) is -0.767. The Hall–Kier alpha value is -0.900. The average Bonchev–Trinajstić information content (AvgIpc) is 2.01. The van der Waals surface area contributed by atoms with Crippen LogP contribution in [0.1, 0.15) is 40.0 Å². The molecule has 1 atom stereocenters. The van der Waals surface area contributed by atoms with Gasteiger partial charge in [0.2, 0.25) is 0 Å². The average molecular weight is 201 g/mol. The second-order valence-electron chi connectivity index (χ2n) is 3.71. The molecule has 4 nitrogen and oxygen atoms in total. The Morgan fingerprint density at radius 2 is 1.86 bits per heavy atom. The van der Waals surface area contributed by atoms with Crippen LogP contribution in [0.15, 0.2) is 0 Å². The highest BCUT2D eigenvalue weighted by Crippen LogP contribution is 2.03. The van der Waals surface area contributed by atoms with Crippen molar-refractivity contribution < 1.29 is 14.7 Å². The van der Waals surface area contributed by atoms with Crippen molar-refractivity contribution in [3.05, 3.63) is 0 Å². The molecule has 0 aliphatic heterocycles. The van der Waals surface area contributed by atoms with Gasteiger partial charge >= 0.3 is 5.97 Å². The van der Waals surface area contributed by atoms with Crippen LogP contribution in [0.5, 0.6) is 0 Å². The van der Waals surface area contributed by atoms with E-state index in [1.54, 1.807) is 6.92 Å². The third-order valence-electron chi connectivity index (χ3n) is 1.86. The van der Waals surface area contributed by atoms with Gasteiger partial charge < -0.3 is 10.4 Å². The van der Waals surface area contributed by atoms with Gasteiger partial charge in [-0.15, -0.1) is 0 Å². The standard InChI is InChI=1S/C10H19NO3/c1-4-9(12)5-8(6-10(13)14)11-7(2)3/h7-8,11H,4-6H2,1-3H3,(H,13,14). The van der Waals surface area contributed by atoms with Crippen LogP contribution in [-0.2, 0) is 9.59 Å². The quantitative estimate of drug-likeness (QED) is 0.649. The molecule has 0 saturated carbocycles. The molecule has 0 aliphatic rings. The van der Waals surface area contributed by atoms with Crippen LogP contribution in [0, 0.1) is 0 Å². The number of carboxylic acids is 1. The second kappa shape index (κ2) is 6.54. The van der Waals surface area contributed by atoms with Gasteiger partial charge in [-0.1, -0.05) is 20.8 Å². The van der Waals surface area contributed by atoms with Gasteiger partial charge in [0.1, 0.15) is 5.78 Å². The first-order chi connectivity index (χ1) is 6.45. The van der Waals surface area contributed by atoms with Gasteiger partial charge in [-0.25, -0.2) is 0 Å². The van der Waals surface area contributed by atoms with Gasteiger partial charge in [-0.05, 0) is 0 Å². The minimum Gasteiger partial charge on any atom is -0.481 e. The number of aliphatic carboxylic acids is 1. The molecule has 0 aromatic rings. The molecule has 0 saturated heterocycles. The van der Waals surface area contributed by atoms with Crippen molar-refractivity contribution in [2.45, 2.75) is 52.1 Å². The minimum absolute atomic E-state index is 0.00389. The van der Waals surface area contributed by atoms with Crippen molar-refractivity contribution in [2.75, 3.05) is 0 Å². The van der Waals surface area contributed by atoms with Crippen molar-refractivity contribution in [3.63, 3.8) is 0 Å². The van der Waals surface area contributed by atoms with E-state index in [1.807, 2.05) is 13.8 Å². The summed E-state index contributed by atoms with van der Waals surface area (Å²) in [5.41, 5.74) is 0. The minimum atomic E-state index is -0.868. The third kappa shape index (κ3) is 6.60.